The molecule has 96 valence electrons. The van der Waals surface area contributed by atoms with Crippen molar-refractivity contribution in [1.82, 2.24) is 9.78 Å². The summed E-state index contributed by atoms with van der Waals surface area (Å²) in [6.07, 6.45) is 3.55. The first-order valence-electron chi connectivity index (χ1n) is 5.73. The van der Waals surface area contributed by atoms with Crippen LogP contribution in [0.4, 0.5) is 11.6 Å². The molecule has 17 heavy (non-hydrogen) atoms. The van der Waals surface area contributed by atoms with Crippen molar-refractivity contribution in [2.45, 2.75) is 31.2 Å². The van der Waals surface area contributed by atoms with Crippen molar-refractivity contribution >= 4 is 21.5 Å². The van der Waals surface area contributed by atoms with E-state index in [2.05, 4.69) is 10.4 Å². The number of nitrogens with zero attached hydrogens (tertiary/aromatic N) is 2. The molecular formula is C10H18N4O2S. The average molecular weight is 258 g/mol. The number of hydrogen-bond donors (Lipinski definition) is 2. The molecule has 7 heteroatoms. The number of rotatable bonds is 5. The van der Waals surface area contributed by atoms with E-state index in [0.717, 1.165) is 12.8 Å². The normalized spacial score (nSPS) is 16.1. The van der Waals surface area contributed by atoms with Crippen molar-refractivity contribution in [3.8, 4) is 0 Å². The van der Waals surface area contributed by atoms with Gasteiger partial charge in [-0.15, -0.1) is 0 Å². The molecule has 0 atom stereocenters. The molecule has 0 aromatic carbocycles. The maximum atomic E-state index is 11.7. The number of nitrogen functional groups attached to an aromatic ring is 1. The van der Waals surface area contributed by atoms with Gasteiger partial charge in [0.2, 0.25) is 0 Å². The first kappa shape index (κ1) is 12.2. The number of anilines is 2. The van der Waals surface area contributed by atoms with Gasteiger partial charge >= 0.3 is 0 Å². The highest BCUT2D eigenvalue weighted by atomic mass is 32.2. The number of nitrogens with two attached hydrogens (primary N) is 1. The summed E-state index contributed by atoms with van der Waals surface area (Å²) in [6.45, 7) is 3.20. The van der Waals surface area contributed by atoms with Crippen LogP contribution >= 0.6 is 0 Å². The van der Waals surface area contributed by atoms with Crippen molar-refractivity contribution in [1.29, 1.82) is 0 Å². The second-order valence-electron chi connectivity index (χ2n) is 4.48. The minimum Gasteiger partial charge on any atom is -0.383 e. The van der Waals surface area contributed by atoms with Gasteiger partial charge in [0.1, 0.15) is 5.82 Å². The summed E-state index contributed by atoms with van der Waals surface area (Å²) in [5.74, 6) is 1.25. The fourth-order valence-corrected chi connectivity index (χ4v) is 2.69. The fourth-order valence-electron chi connectivity index (χ4n) is 1.74. The zero-order valence-electron chi connectivity index (χ0n) is 10.1. The highest BCUT2D eigenvalue weighted by molar-refractivity contribution is 7.91. The Morgan fingerprint density at radius 3 is 2.65 bits per heavy atom. The number of hydrogen-bond acceptors (Lipinski definition) is 5. The third-order valence-electron chi connectivity index (χ3n) is 2.87. The first-order valence-corrected chi connectivity index (χ1v) is 7.62. The van der Waals surface area contributed by atoms with Gasteiger partial charge in [-0.05, 0) is 25.7 Å². The summed E-state index contributed by atoms with van der Waals surface area (Å²) < 4.78 is 24.9. The SMILES string of the molecule is CCn1nc(NCC2CC2)c(S(C)(=O)=O)c1N. The lowest BCUT2D eigenvalue weighted by Crippen LogP contribution is -2.08. The van der Waals surface area contributed by atoms with E-state index >= 15 is 0 Å². The molecule has 1 aromatic heterocycles. The van der Waals surface area contributed by atoms with E-state index in [9.17, 15) is 8.42 Å². The maximum absolute atomic E-state index is 11.7. The van der Waals surface area contributed by atoms with Gasteiger partial charge in [-0.3, -0.25) is 0 Å². The van der Waals surface area contributed by atoms with Crippen LogP contribution < -0.4 is 11.1 Å². The van der Waals surface area contributed by atoms with Crippen LogP contribution in [-0.2, 0) is 16.4 Å². The molecule has 0 radical (unpaired) electrons. The van der Waals surface area contributed by atoms with Crippen LogP contribution in [-0.4, -0.2) is 31.0 Å². The minimum atomic E-state index is -3.35. The van der Waals surface area contributed by atoms with Crippen molar-refractivity contribution in [3.63, 3.8) is 0 Å². The Balaban J connectivity index is 2.34. The van der Waals surface area contributed by atoms with E-state index in [1.54, 1.807) is 0 Å². The molecule has 0 bridgehead atoms. The standard InChI is InChI=1S/C10H18N4O2S/c1-3-14-9(11)8(17(2,15)16)10(13-14)12-6-7-4-5-7/h7H,3-6,11H2,1-2H3,(H,12,13). The van der Waals surface area contributed by atoms with Crippen LogP contribution in [0.15, 0.2) is 4.90 Å². The highest BCUT2D eigenvalue weighted by Gasteiger charge is 2.26. The van der Waals surface area contributed by atoms with E-state index in [-0.39, 0.29) is 10.7 Å². The Morgan fingerprint density at radius 2 is 2.18 bits per heavy atom. The summed E-state index contributed by atoms with van der Waals surface area (Å²) in [5, 5.41) is 7.28. The molecule has 1 heterocycles. The number of aryl methyl sites for hydroxylation is 1. The zero-order valence-corrected chi connectivity index (χ0v) is 10.9. The second kappa shape index (κ2) is 4.21. The zero-order chi connectivity index (χ0) is 12.6. The third kappa shape index (κ3) is 2.54. The van der Waals surface area contributed by atoms with E-state index in [1.165, 1.54) is 17.5 Å². The minimum absolute atomic E-state index is 0.125. The molecule has 1 saturated carbocycles. The first-order chi connectivity index (χ1) is 7.93. The van der Waals surface area contributed by atoms with Crippen LogP contribution in [0.5, 0.6) is 0 Å². The fraction of sp³-hybridized carbons (Fsp3) is 0.700. The van der Waals surface area contributed by atoms with Gasteiger partial charge < -0.3 is 11.1 Å². The molecule has 0 unspecified atom stereocenters. The molecule has 0 spiro atoms. The van der Waals surface area contributed by atoms with Gasteiger partial charge in [0, 0.05) is 19.3 Å². The molecule has 1 fully saturated rings. The summed E-state index contributed by atoms with van der Waals surface area (Å²) in [7, 11) is -3.35. The molecule has 2 rings (SSSR count). The van der Waals surface area contributed by atoms with E-state index in [0.29, 0.717) is 18.3 Å². The molecule has 0 saturated heterocycles. The van der Waals surface area contributed by atoms with Crippen molar-refractivity contribution in [3.05, 3.63) is 0 Å². The van der Waals surface area contributed by atoms with Gasteiger partial charge in [0.15, 0.2) is 20.6 Å². The summed E-state index contributed by atoms with van der Waals surface area (Å²) in [6, 6.07) is 0. The summed E-state index contributed by atoms with van der Waals surface area (Å²) in [5.41, 5.74) is 5.80. The Labute approximate surface area is 101 Å². The molecule has 1 aliphatic rings. The lowest BCUT2D eigenvalue weighted by atomic mass is 10.4. The predicted molar refractivity (Wildman–Crippen MR) is 66.6 cm³/mol. The van der Waals surface area contributed by atoms with Gasteiger partial charge in [0.05, 0.1) is 0 Å². The Morgan fingerprint density at radius 1 is 1.53 bits per heavy atom. The largest absolute Gasteiger partial charge is 0.383 e. The highest BCUT2D eigenvalue weighted by Crippen LogP contribution is 2.31. The Hall–Kier alpha value is -1.24. The van der Waals surface area contributed by atoms with Crippen molar-refractivity contribution in [2.24, 2.45) is 5.92 Å². The molecule has 1 aliphatic carbocycles. The topological polar surface area (TPSA) is 90.0 Å². The molecule has 3 N–H and O–H groups in total. The summed E-state index contributed by atoms with van der Waals surface area (Å²) >= 11 is 0. The third-order valence-corrected chi connectivity index (χ3v) is 4.02. The van der Waals surface area contributed by atoms with Crippen LogP contribution in [0.1, 0.15) is 19.8 Å². The Kier molecular flexibility index (Phi) is 3.03. The van der Waals surface area contributed by atoms with Crippen molar-refractivity contribution < 1.29 is 8.42 Å². The maximum Gasteiger partial charge on any atom is 0.182 e. The molecule has 0 aliphatic heterocycles. The molecule has 6 nitrogen and oxygen atoms in total. The van der Waals surface area contributed by atoms with E-state index < -0.39 is 9.84 Å². The number of nitrogens with one attached hydrogen (secondary N) is 1. The molecule has 0 amide bonds. The lowest BCUT2D eigenvalue weighted by Gasteiger charge is -2.03. The van der Waals surface area contributed by atoms with Crippen LogP contribution in [0.25, 0.3) is 0 Å². The van der Waals surface area contributed by atoms with E-state index in [4.69, 9.17) is 5.73 Å². The van der Waals surface area contributed by atoms with Gasteiger partial charge in [-0.25, -0.2) is 13.1 Å². The van der Waals surface area contributed by atoms with E-state index in [1.807, 2.05) is 6.92 Å². The van der Waals surface area contributed by atoms with Gasteiger partial charge in [0.25, 0.3) is 0 Å². The smallest absolute Gasteiger partial charge is 0.182 e. The molecular weight excluding hydrogens is 240 g/mol. The van der Waals surface area contributed by atoms with Crippen LogP contribution in [0.2, 0.25) is 0 Å². The van der Waals surface area contributed by atoms with Gasteiger partial charge in [-0.2, -0.15) is 5.10 Å². The average Bonchev–Trinajstić information content (AvgIpc) is 2.98. The number of aromatic nitrogens is 2. The quantitative estimate of drug-likeness (QED) is 0.811. The van der Waals surface area contributed by atoms with Crippen LogP contribution in [0.3, 0.4) is 0 Å². The predicted octanol–water partition coefficient (Wildman–Crippen LogP) is 0.711. The monoisotopic (exact) mass is 258 g/mol. The summed E-state index contributed by atoms with van der Waals surface area (Å²) in [4.78, 5) is 0.125. The van der Waals surface area contributed by atoms with Crippen molar-refractivity contribution in [2.75, 3.05) is 23.9 Å². The van der Waals surface area contributed by atoms with Gasteiger partial charge in [-0.1, -0.05) is 0 Å². The van der Waals surface area contributed by atoms with Crippen LogP contribution in [0, 0.1) is 5.92 Å². The molecule has 1 aromatic rings. The number of sulfone groups is 1. The second-order valence-corrected chi connectivity index (χ2v) is 6.43. The Bertz CT molecular complexity index is 517. The lowest BCUT2D eigenvalue weighted by molar-refractivity contribution is 0.602.